The highest BCUT2D eigenvalue weighted by atomic mass is 32.2. The van der Waals surface area contributed by atoms with Crippen molar-refractivity contribution < 1.29 is 19.6 Å². The van der Waals surface area contributed by atoms with Crippen LogP contribution in [0, 0.1) is 10.1 Å². The molecule has 33 heavy (non-hydrogen) atoms. The number of amides is 2. The number of nitro groups is 1. The molecule has 0 spiro atoms. The normalized spacial score (nSPS) is 16.8. The van der Waals surface area contributed by atoms with Crippen molar-refractivity contribution in [2.45, 2.75) is 11.7 Å². The van der Waals surface area contributed by atoms with Gasteiger partial charge in [-0.05, 0) is 22.9 Å². The fraction of sp³-hybridized carbons (Fsp3) is 0.0909. The number of hydrogen-bond acceptors (Lipinski definition) is 8. The summed E-state index contributed by atoms with van der Waals surface area (Å²) < 4.78 is 0. The van der Waals surface area contributed by atoms with Crippen LogP contribution in [0.4, 0.5) is 11.4 Å². The number of aromatic hydroxyl groups is 1. The second kappa shape index (κ2) is 9.09. The lowest BCUT2D eigenvalue weighted by Gasteiger charge is -2.14. The first kappa shape index (κ1) is 22.0. The number of thioether (sulfide) groups is 1. The van der Waals surface area contributed by atoms with Gasteiger partial charge in [-0.2, -0.15) is 5.10 Å². The maximum atomic E-state index is 12.8. The summed E-state index contributed by atoms with van der Waals surface area (Å²) in [4.78, 5) is 36.5. The van der Waals surface area contributed by atoms with Gasteiger partial charge in [0.15, 0.2) is 5.17 Å². The van der Waals surface area contributed by atoms with Gasteiger partial charge >= 0.3 is 0 Å². The van der Waals surface area contributed by atoms with Crippen LogP contribution in [0.5, 0.6) is 5.75 Å². The molecule has 3 aromatic rings. The van der Waals surface area contributed by atoms with E-state index in [4.69, 9.17) is 5.73 Å². The molecular formula is C22H17N5O5S. The molecule has 3 N–H and O–H groups in total. The third-order valence-electron chi connectivity index (χ3n) is 4.96. The van der Waals surface area contributed by atoms with E-state index in [9.17, 15) is 24.8 Å². The van der Waals surface area contributed by atoms with Crippen LogP contribution in [0.3, 0.4) is 0 Å². The summed E-state index contributed by atoms with van der Waals surface area (Å²) in [5, 5.41) is 29.8. The second-order valence-electron chi connectivity index (χ2n) is 7.06. The van der Waals surface area contributed by atoms with Crippen molar-refractivity contribution in [3.63, 3.8) is 0 Å². The number of nitrogens with zero attached hydrogens (tertiary/aromatic N) is 4. The van der Waals surface area contributed by atoms with Gasteiger partial charge in [0.1, 0.15) is 11.0 Å². The van der Waals surface area contributed by atoms with E-state index in [1.165, 1.54) is 30.5 Å². The molecule has 1 heterocycles. The fourth-order valence-electron chi connectivity index (χ4n) is 3.45. The minimum atomic E-state index is -0.832. The maximum absolute atomic E-state index is 12.8. The number of amidine groups is 1. The SMILES string of the molecule is NC(=N/N=C/c1c(O)ccc2ccccc12)S[C@H]1CC(=O)N(c2cccc([N+](=O)[O-])c2)C1=O. The van der Waals surface area contributed by atoms with Crippen molar-refractivity contribution in [2.24, 2.45) is 15.9 Å². The minimum Gasteiger partial charge on any atom is -0.507 e. The van der Waals surface area contributed by atoms with Crippen LogP contribution in [0.2, 0.25) is 0 Å². The largest absolute Gasteiger partial charge is 0.507 e. The van der Waals surface area contributed by atoms with Crippen LogP contribution in [0.15, 0.2) is 70.9 Å². The van der Waals surface area contributed by atoms with Gasteiger partial charge in [-0.1, -0.05) is 48.2 Å². The lowest BCUT2D eigenvalue weighted by molar-refractivity contribution is -0.384. The van der Waals surface area contributed by atoms with E-state index in [2.05, 4.69) is 10.2 Å². The Morgan fingerprint density at radius 2 is 1.97 bits per heavy atom. The molecule has 0 aromatic heterocycles. The average molecular weight is 463 g/mol. The molecule has 1 fully saturated rings. The van der Waals surface area contributed by atoms with Crippen LogP contribution >= 0.6 is 11.8 Å². The van der Waals surface area contributed by atoms with Crippen molar-refractivity contribution in [3.8, 4) is 5.75 Å². The molecule has 0 saturated carbocycles. The van der Waals surface area contributed by atoms with Crippen LogP contribution < -0.4 is 10.6 Å². The Morgan fingerprint density at radius 1 is 1.18 bits per heavy atom. The number of carbonyl (C=O) groups excluding carboxylic acids is 2. The zero-order chi connectivity index (χ0) is 23.5. The van der Waals surface area contributed by atoms with Crippen molar-refractivity contribution in [3.05, 3.63) is 76.3 Å². The van der Waals surface area contributed by atoms with Crippen molar-refractivity contribution in [2.75, 3.05) is 4.90 Å². The summed E-state index contributed by atoms with van der Waals surface area (Å²) in [7, 11) is 0. The number of fused-ring (bicyclic) bond motifs is 1. The lowest BCUT2D eigenvalue weighted by Crippen LogP contribution is -2.31. The first-order chi connectivity index (χ1) is 15.8. The Hall–Kier alpha value is -4.25. The highest BCUT2D eigenvalue weighted by molar-refractivity contribution is 8.14. The van der Waals surface area contributed by atoms with Crippen LogP contribution in [-0.2, 0) is 9.59 Å². The standard InChI is InChI=1S/C22H17N5O5S/c23-22(25-24-12-17-16-7-2-1-4-13(16)8-9-18(17)28)33-19-11-20(29)26(21(19)30)14-5-3-6-15(10-14)27(31)32/h1-10,12,19,28H,11H2,(H2,23,25)/b24-12+/t19-/m0/s1. The number of non-ortho nitro benzene ring substituents is 1. The predicted octanol–water partition coefficient (Wildman–Crippen LogP) is 3.17. The van der Waals surface area contributed by atoms with Gasteiger partial charge in [0.2, 0.25) is 11.8 Å². The Labute approximate surface area is 191 Å². The number of nitro benzene ring substituents is 1. The number of nitrogens with two attached hydrogens (primary N) is 1. The number of benzene rings is 3. The third kappa shape index (κ3) is 4.53. The summed E-state index contributed by atoms with van der Waals surface area (Å²) in [6.45, 7) is 0. The highest BCUT2D eigenvalue weighted by Crippen LogP contribution is 2.31. The molecular weight excluding hydrogens is 446 g/mol. The second-order valence-corrected chi connectivity index (χ2v) is 8.28. The fourth-order valence-corrected chi connectivity index (χ4v) is 4.26. The van der Waals surface area contributed by atoms with Crippen molar-refractivity contribution in [1.29, 1.82) is 0 Å². The highest BCUT2D eigenvalue weighted by Gasteiger charge is 2.41. The minimum absolute atomic E-state index is 0.0306. The van der Waals surface area contributed by atoms with E-state index < -0.39 is 22.0 Å². The Balaban J connectivity index is 1.49. The first-order valence-corrected chi connectivity index (χ1v) is 10.6. The van der Waals surface area contributed by atoms with Gasteiger partial charge in [-0.25, -0.2) is 4.90 Å². The topological polar surface area (TPSA) is 151 Å². The predicted molar refractivity (Wildman–Crippen MR) is 126 cm³/mol. The lowest BCUT2D eigenvalue weighted by atomic mass is 10.0. The summed E-state index contributed by atoms with van der Waals surface area (Å²) in [5.74, 6) is -1.00. The smallest absolute Gasteiger partial charge is 0.271 e. The van der Waals surface area contributed by atoms with E-state index in [0.717, 1.165) is 27.4 Å². The molecule has 2 amide bonds. The van der Waals surface area contributed by atoms with Gasteiger partial charge in [-0.3, -0.25) is 19.7 Å². The van der Waals surface area contributed by atoms with E-state index in [1.54, 1.807) is 12.1 Å². The van der Waals surface area contributed by atoms with Crippen LogP contribution in [0.25, 0.3) is 10.8 Å². The molecule has 0 bridgehead atoms. The molecule has 4 rings (SSSR count). The van der Waals surface area contributed by atoms with Gasteiger partial charge in [-0.15, -0.1) is 5.10 Å². The molecule has 1 aliphatic rings. The zero-order valence-electron chi connectivity index (χ0n) is 17.0. The molecule has 1 atom stereocenters. The average Bonchev–Trinajstić information content (AvgIpc) is 3.07. The summed E-state index contributed by atoms with van der Waals surface area (Å²) in [6, 6.07) is 16.1. The maximum Gasteiger partial charge on any atom is 0.271 e. The number of anilines is 1. The quantitative estimate of drug-likeness (QED) is 0.194. The van der Waals surface area contributed by atoms with E-state index in [0.29, 0.717) is 5.56 Å². The number of phenolic OH excluding ortho intramolecular Hbond substituents is 1. The van der Waals surface area contributed by atoms with E-state index >= 15 is 0 Å². The molecule has 10 nitrogen and oxygen atoms in total. The molecule has 3 aromatic carbocycles. The molecule has 1 aliphatic heterocycles. The Morgan fingerprint density at radius 3 is 2.76 bits per heavy atom. The van der Waals surface area contributed by atoms with E-state index in [1.807, 2.05) is 24.3 Å². The van der Waals surface area contributed by atoms with Gasteiger partial charge < -0.3 is 10.8 Å². The molecule has 1 saturated heterocycles. The van der Waals surface area contributed by atoms with Crippen molar-refractivity contribution >= 4 is 57.1 Å². The molecule has 0 unspecified atom stereocenters. The number of imide groups is 1. The number of rotatable bonds is 5. The summed E-state index contributed by atoms with van der Waals surface area (Å²) >= 11 is 0.877. The summed E-state index contributed by atoms with van der Waals surface area (Å²) in [6.07, 6.45) is 1.23. The number of hydrogen-bond donors (Lipinski definition) is 2. The van der Waals surface area contributed by atoms with E-state index in [-0.39, 0.29) is 28.7 Å². The zero-order valence-corrected chi connectivity index (χ0v) is 17.8. The van der Waals surface area contributed by atoms with Gasteiger partial charge in [0.25, 0.3) is 5.69 Å². The monoisotopic (exact) mass is 463 g/mol. The number of carbonyl (C=O) groups is 2. The van der Waals surface area contributed by atoms with Gasteiger partial charge in [0, 0.05) is 24.1 Å². The third-order valence-corrected chi connectivity index (χ3v) is 5.93. The Bertz CT molecular complexity index is 1340. The van der Waals surface area contributed by atoms with Crippen LogP contribution in [0.1, 0.15) is 12.0 Å². The van der Waals surface area contributed by atoms with Gasteiger partial charge in [0.05, 0.1) is 16.8 Å². The molecule has 166 valence electrons. The molecule has 0 radical (unpaired) electrons. The first-order valence-electron chi connectivity index (χ1n) is 9.70. The van der Waals surface area contributed by atoms with Crippen LogP contribution in [-0.4, -0.2) is 38.5 Å². The molecule has 0 aliphatic carbocycles. The summed E-state index contributed by atoms with van der Waals surface area (Å²) in [5.41, 5.74) is 6.26. The van der Waals surface area contributed by atoms with Crippen molar-refractivity contribution in [1.82, 2.24) is 0 Å². The Kier molecular flexibility index (Phi) is 6.05. The molecule has 11 heteroatoms. The number of phenols is 1.